The van der Waals surface area contributed by atoms with Crippen LogP contribution in [0.4, 0.5) is 5.82 Å². The van der Waals surface area contributed by atoms with E-state index in [1.54, 1.807) is 18.6 Å². The first kappa shape index (κ1) is 27.1. The van der Waals surface area contributed by atoms with Crippen LogP contribution in [-0.2, 0) is 11.2 Å². The molecule has 1 amide bonds. The summed E-state index contributed by atoms with van der Waals surface area (Å²) in [5.41, 5.74) is 4.39. The van der Waals surface area contributed by atoms with Gasteiger partial charge in [-0.05, 0) is 43.5 Å². The molecule has 2 aliphatic rings. The summed E-state index contributed by atoms with van der Waals surface area (Å²) >= 11 is 6.71. The standard InChI is InChI=1S/C30H33ClN6O2/c1-3-27-25(7-4-21-5-9-28(32-2)33-19-21)29(35-20-34-27)22-6-8-24(26(31)18-22)30(38)37-14-12-36(13-15-37)23-10-16-39-17-11-23/h5-6,8-9,18-20,23H,3,10-17H2,1-2H3,(H,32,33). The van der Waals surface area contributed by atoms with Crippen LogP contribution in [0.1, 0.15) is 46.9 Å². The molecule has 4 heterocycles. The first-order valence-electron chi connectivity index (χ1n) is 13.5. The highest BCUT2D eigenvalue weighted by atomic mass is 35.5. The molecule has 3 aromatic rings. The highest BCUT2D eigenvalue weighted by Crippen LogP contribution is 2.29. The van der Waals surface area contributed by atoms with Crippen molar-refractivity contribution < 1.29 is 9.53 Å². The molecule has 2 aliphatic heterocycles. The minimum atomic E-state index is -0.0346. The summed E-state index contributed by atoms with van der Waals surface area (Å²) in [5, 5.41) is 3.41. The number of nitrogens with zero attached hydrogens (tertiary/aromatic N) is 5. The van der Waals surface area contributed by atoms with Gasteiger partial charge in [0.05, 0.1) is 27.5 Å². The predicted octanol–water partition coefficient (Wildman–Crippen LogP) is 4.13. The van der Waals surface area contributed by atoms with E-state index in [9.17, 15) is 4.79 Å². The van der Waals surface area contributed by atoms with Crippen molar-refractivity contribution in [2.24, 2.45) is 0 Å². The Balaban J connectivity index is 1.34. The zero-order valence-corrected chi connectivity index (χ0v) is 23.2. The van der Waals surface area contributed by atoms with Crippen LogP contribution in [0.15, 0.2) is 42.9 Å². The van der Waals surface area contributed by atoms with Crippen molar-refractivity contribution in [2.75, 3.05) is 51.8 Å². The van der Waals surface area contributed by atoms with E-state index in [4.69, 9.17) is 16.3 Å². The summed E-state index contributed by atoms with van der Waals surface area (Å²) in [7, 11) is 1.83. The van der Waals surface area contributed by atoms with Crippen LogP contribution >= 0.6 is 11.6 Å². The molecule has 39 heavy (non-hydrogen) atoms. The fraction of sp³-hybridized carbons (Fsp3) is 0.400. The van der Waals surface area contributed by atoms with Crippen molar-refractivity contribution in [1.29, 1.82) is 0 Å². The van der Waals surface area contributed by atoms with Crippen LogP contribution in [-0.4, -0.2) is 83.1 Å². The number of hydrogen-bond acceptors (Lipinski definition) is 7. The Morgan fingerprint density at radius 2 is 1.87 bits per heavy atom. The second-order valence-corrected chi connectivity index (χ2v) is 10.1. The van der Waals surface area contributed by atoms with Crippen LogP contribution in [0.5, 0.6) is 0 Å². The first-order valence-corrected chi connectivity index (χ1v) is 13.9. The first-order chi connectivity index (χ1) is 19.1. The van der Waals surface area contributed by atoms with Gasteiger partial charge in [0.2, 0.25) is 0 Å². The number of carbonyl (C=O) groups excluding carboxylic acids is 1. The molecule has 0 radical (unpaired) electrons. The second-order valence-electron chi connectivity index (χ2n) is 9.70. The fourth-order valence-corrected chi connectivity index (χ4v) is 5.40. The fourth-order valence-electron chi connectivity index (χ4n) is 5.14. The monoisotopic (exact) mass is 544 g/mol. The lowest BCUT2D eigenvalue weighted by Crippen LogP contribution is -2.53. The van der Waals surface area contributed by atoms with Gasteiger partial charge in [-0.2, -0.15) is 0 Å². The van der Waals surface area contributed by atoms with Crippen molar-refractivity contribution in [3.05, 3.63) is 70.3 Å². The van der Waals surface area contributed by atoms with Crippen LogP contribution in [0.3, 0.4) is 0 Å². The third kappa shape index (κ3) is 6.22. The molecule has 0 unspecified atom stereocenters. The number of piperazine rings is 1. The molecule has 0 bridgehead atoms. The van der Waals surface area contributed by atoms with E-state index in [1.165, 1.54) is 0 Å². The molecule has 0 saturated carbocycles. The number of hydrogen-bond donors (Lipinski definition) is 1. The Hall–Kier alpha value is -3.51. The maximum Gasteiger partial charge on any atom is 0.255 e. The number of anilines is 1. The highest BCUT2D eigenvalue weighted by molar-refractivity contribution is 6.34. The lowest BCUT2D eigenvalue weighted by Gasteiger charge is -2.40. The largest absolute Gasteiger partial charge is 0.381 e. The molecule has 1 aromatic carbocycles. The molecule has 2 fully saturated rings. The van der Waals surface area contributed by atoms with E-state index in [0.717, 1.165) is 67.3 Å². The van der Waals surface area contributed by atoms with Gasteiger partial charge in [0.1, 0.15) is 12.1 Å². The van der Waals surface area contributed by atoms with E-state index < -0.39 is 0 Å². The van der Waals surface area contributed by atoms with Crippen molar-refractivity contribution in [1.82, 2.24) is 24.8 Å². The van der Waals surface area contributed by atoms with Gasteiger partial charge in [0.25, 0.3) is 5.91 Å². The minimum Gasteiger partial charge on any atom is -0.381 e. The zero-order chi connectivity index (χ0) is 27.2. The zero-order valence-electron chi connectivity index (χ0n) is 22.4. The molecule has 202 valence electrons. The second kappa shape index (κ2) is 12.6. The smallest absolute Gasteiger partial charge is 0.255 e. The number of nitrogens with one attached hydrogen (secondary N) is 1. The Bertz CT molecular complexity index is 1370. The Labute approximate surface area is 234 Å². The van der Waals surface area contributed by atoms with Crippen molar-refractivity contribution in [3.63, 3.8) is 0 Å². The van der Waals surface area contributed by atoms with Crippen LogP contribution in [0, 0.1) is 11.8 Å². The van der Waals surface area contributed by atoms with Gasteiger partial charge >= 0.3 is 0 Å². The van der Waals surface area contributed by atoms with Crippen molar-refractivity contribution >= 4 is 23.3 Å². The molecular weight excluding hydrogens is 512 g/mol. The van der Waals surface area contributed by atoms with Gasteiger partial charge in [-0.15, -0.1) is 0 Å². The third-order valence-corrected chi connectivity index (χ3v) is 7.71. The van der Waals surface area contributed by atoms with Gasteiger partial charge in [0, 0.05) is 69.8 Å². The van der Waals surface area contributed by atoms with Gasteiger partial charge in [-0.3, -0.25) is 9.69 Å². The Morgan fingerprint density at radius 3 is 2.54 bits per heavy atom. The predicted molar refractivity (Wildman–Crippen MR) is 153 cm³/mol. The van der Waals surface area contributed by atoms with Crippen molar-refractivity contribution in [3.8, 4) is 23.1 Å². The van der Waals surface area contributed by atoms with E-state index >= 15 is 0 Å². The summed E-state index contributed by atoms with van der Waals surface area (Å²) in [6.07, 6.45) is 6.12. The lowest BCUT2D eigenvalue weighted by atomic mass is 10.0. The quantitative estimate of drug-likeness (QED) is 0.483. The number of benzene rings is 1. The highest BCUT2D eigenvalue weighted by Gasteiger charge is 2.28. The summed E-state index contributed by atoms with van der Waals surface area (Å²) in [6, 6.07) is 9.86. The van der Waals surface area contributed by atoms with Gasteiger partial charge < -0.3 is 15.0 Å². The van der Waals surface area contributed by atoms with E-state index in [2.05, 4.69) is 37.0 Å². The molecule has 2 aromatic heterocycles. The van der Waals surface area contributed by atoms with Crippen LogP contribution in [0.25, 0.3) is 11.3 Å². The average Bonchev–Trinajstić information content (AvgIpc) is 3.00. The lowest BCUT2D eigenvalue weighted by molar-refractivity contribution is 0.0137. The van der Waals surface area contributed by atoms with Gasteiger partial charge in [-0.25, -0.2) is 15.0 Å². The molecule has 2 saturated heterocycles. The summed E-state index contributed by atoms with van der Waals surface area (Å²) in [4.78, 5) is 31.1. The summed E-state index contributed by atoms with van der Waals surface area (Å²) in [6.45, 7) is 6.84. The number of halogens is 1. The molecular formula is C30H33ClN6O2. The van der Waals surface area contributed by atoms with E-state index in [1.807, 2.05) is 43.1 Å². The summed E-state index contributed by atoms with van der Waals surface area (Å²) in [5.74, 6) is 7.19. The number of pyridine rings is 1. The average molecular weight is 545 g/mol. The van der Waals surface area contributed by atoms with Gasteiger partial charge in [-0.1, -0.05) is 36.4 Å². The SMILES string of the molecule is CCc1ncnc(-c2ccc(C(=O)N3CCN(C4CCOCC4)CC3)c(Cl)c2)c1C#Cc1ccc(NC)nc1. The maximum absolute atomic E-state index is 13.4. The Kier molecular flexibility index (Phi) is 8.72. The molecule has 9 heteroatoms. The van der Waals surface area contributed by atoms with E-state index in [0.29, 0.717) is 41.8 Å². The number of ether oxygens (including phenoxy) is 1. The Morgan fingerprint density at radius 1 is 1.08 bits per heavy atom. The number of rotatable bonds is 5. The number of amides is 1. The maximum atomic E-state index is 13.4. The topological polar surface area (TPSA) is 83.5 Å². The van der Waals surface area contributed by atoms with Crippen LogP contribution < -0.4 is 5.32 Å². The van der Waals surface area contributed by atoms with Gasteiger partial charge in [0.15, 0.2) is 0 Å². The minimum absolute atomic E-state index is 0.0346. The van der Waals surface area contributed by atoms with Crippen LogP contribution in [0.2, 0.25) is 5.02 Å². The third-order valence-electron chi connectivity index (χ3n) is 7.39. The van der Waals surface area contributed by atoms with Crippen molar-refractivity contribution in [2.45, 2.75) is 32.2 Å². The molecule has 8 nitrogen and oxygen atoms in total. The number of aryl methyl sites for hydroxylation is 1. The number of aromatic nitrogens is 3. The molecule has 1 N–H and O–H groups in total. The molecule has 0 spiro atoms. The molecule has 5 rings (SSSR count). The molecule has 0 atom stereocenters. The summed E-state index contributed by atoms with van der Waals surface area (Å²) < 4.78 is 5.50. The molecule has 0 aliphatic carbocycles. The number of carbonyl (C=O) groups is 1. The normalized spacial score (nSPS) is 16.4. The van der Waals surface area contributed by atoms with E-state index in [-0.39, 0.29) is 5.91 Å².